The summed E-state index contributed by atoms with van der Waals surface area (Å²) in [5.41, 5.74) is 7.98. The van der Waals surface area contributed by atoms with E-state index in [9.17, 15) is 0 Å². The number of nitrogens with two attached hydrogens (primary N) is 1. The number of hydrogen-bond donors (Lipinski definition) is 1. The maximum Gasteiger partial charge on any atom is 0.171 e. The van der Waals surface area contributed by atoms with Gasteiger partial charge in [0.25, 0.3) is 0 Å². The Labute approximate surface area is 112 Å². The fourth-order valence-corrected chi connectivity index (χ4v) is 2.62. The second kappa shape index (κ2) is 4.35. The van der Waals surface area contributed by atoms with Gasteiger partial charge in [-0.25, -0.2) is 9.97 Å². The Bertz CT molecular complexity index is 556. The number of nitrogens with zero attached hydrogens (tertiary/aromatic N) is 2. The molecule has 2 rings (SSSR count). The average Bonchev–Trinajstić information content (AvgIpc) is 2.73. The Morgan fingerprint density at radius 2 is 1.78 bits per heavy atom. The number of aromatic nitrogens is 2. The molecule has 0 aliphatic carbocycles. The predicted molar refractivity (Wildman–Crippen MR) is 77.9 cm³/mol. The van der Waals surface area contributed by atoms with Gasteiger partial charge in [0.05, 0.1) is 4.88 Å². The summed E-state index contributed by atoms with van der Waals surface area (Å²) in [5.74, 6) is 1.30. The molecule has 3 nitrogen and oxygen atoms in total. The molecule has 0 unspecified atom stereocenters. The highest BCUT2D eigenvalue weighted by molar-refractivity contribution is 7.15. The number of aryl methyl sites for hydroxylation is 1. The van der Waals surface area contributed by atoms with E-state index in [1.807, 2.05) is 13.8 Å². The zero-order chi connectivity index (χ0) is 13.5. The van der Waals surface area contributed by atoms with Gasteiger partial charge in [-0.15, -0.1) is 11.3 Å². The molecule has 2 N–H and O–H groups in total. The van der Waals surface area contributed by atoms with Crippen LogP contribution in [0.2, 0.25) is 0 Å². The molecule has 0 aliphatic heterocycles. The van der Waals surface area contributed by atoms with Crippen LogP contribution in [0.25, 0.3) is 10.7 Å². The van der Waals surface area contributed by atoms with Gasteiger partial charge in [0.2, 0.25) is 0 Å². The lowest BCUT2D eigenvalue weighted by Gasteiger charge is -2.15. The van der Waals surface area contributed by atoms with E-state index < -0.39 is 0 Å². The maximum absolute atomic E-state index is 5.90. The SMILES string of the molecule is Cc1nc(-c2ccc(C(C)(C)C)s2)nc(N)c1C. The maximum atomic E-state index is 5.90. The van der Waals surface area contributed by atoms with Gasteiger partial charge in [-0.2, -0.15) is 0 Å². The van der Waals surface area contributed by atoms with E-state index >= 15 is 0 Å². The van der Waals surface area contributed by atoms with Gasteiger partial charge in [-0.1, -0.05) is 20.8 Å². The van der Waals surface area contributed by atoms with Gasteiger partial charge in [-0.3, -0.25) is 0 Å². The zero-order valence-electron chi connectivity index (χ0n) is 11.5. The smallest absolute Gasteiger partial charge is 0.171 e. The topological polar surface area (TPSA) is 51.8 Å². The van der Waals surface area contributed by atoms with Gasteiger partial charge in [-0.05, 0) is 31.4 Å². The molecule has 0 saturated carbocycles. The predicted octanol–water partition coefficient (Wildman–Crippen LogP) is 3.70. The van der Waals surface area contributed by atoms with E-state index in [0.29, 0.717) is 5.82 Å². The summed E-state index contributed by atoms with van der Waals surface area (Å²) in [5, 5.41) is 0. The van der Waals surface area contributed by atoms with Crippen molar-refractivity contribution in [3.63, 3.8) is 0 Å². The Morgan fingerprint density at radius 3 is 2.28 bits per heavy atom. The molecule has 0 aromatic carbocycles. The van der Waals surface area contributed by atoms with E-state index in [-0.39, 0.29) is 5.41 Å². The van der Waals surface area contributed by atoms with Gasteiger partial charge in [0, 0.05) is 16.1 Å². The third-order valence-electron chi connectivity index (χ3n) is 2.99. The summed E-state index contributed by atoms with van der Waals surface area (Å²) in [6, 6.07) is 4.23. The summed E-state index contributed by atoms with van der Waals surface area (Å²) >= 11 is 1.74. The minimum absolute atomic E-state index is 0.161. The van der Waals surface area contributed by atoms with Crippen molar-refractivity contribution in [2.24, 2.45) is 0 Å². The van der Waals surface area contributed by atoms with Crippen molar-refractivity contribution in [1.82, 2.24) is 9.97 Å². The van der Waals surface area contributed by atoms with E-state index in [1.54, 1.807) is 11.3 Å². The zero-order valence-corrected chi connectivity index (χ0v) is 12.4. The van der Waals surface area contributed by atoms with Gasteiger partial charge in [0.1, 0.15) is 5.82 Å². The van der Waals surface area contributed by atoms with E-state index in [4.69, 9.17) is 5.73 Å². The monoisotopic (exact) mass is 261 g/mol. The molecule has 2 aromatic heterocycles. The number of hydrogen-bond acceptors (Lipinski definition) is 4. The van der Waals surface area contributed by atoms with E-state index in [2.05, 4.69) is 42.9 Å². The minimum atomic E-state index is 0.161. The lowest BCUT2D eigenvalue weighted by Crippen LogP contribution is -2.07. The third-order valence-corrected chi connectivity index (χ3v) is 4.50. The van der Waals surface area contributed by atoms with Crippen LogP contribution >= 0.6 is 11.3 Å². The Balaban J connectivity index is 2.47. The molecule has 0 bridgehead atoms. The molecule has 2 heterocycles. The van der Waals surface area contributed by atoms with Crippen LogP contribution in [0.1, 0.15) is 36.9 Å². The van der Waals surface area contributed by atoms with Crippen molar-refractivity contribution in [3.8, 4) is 10.7 Å². The summed E-state index contributed by atoms with van der Waals surface area (Å²) in [7, 11) is 0. The molecule has 4 heteroatoms. The first-order valence-corrected chi connectivity index (χ1v) is 6.82. The van der Waals surface area contributed by atoms with Crippen LogP contribution in [0.5, 0.6) is 0 Å². The average molecular weight is 261 g/mol. The standard InChI is InChI=1S/C14H19N3S/c1-8-9(2)16-13(17-12(8)15)10-6-7-11(18-10)14(3,4)5/h6-7H,1-5H3,(H2,15,16,17). The van der Waals surface area contributed by atoms with E-state index in [0.717, 1.165) is 22.0 Å². The van der Waals surface area contributed by atoms with Gasteiger partial charge < -0.3 is 5.73 Å². The molecule has 0 spiro atoms. The fourth-order valence-electron chi connectivity index (χ4n) is 1.62. The number of anilines is 1. The molecule has 0 amide bonds. The Hall–Kier alpha value is -1.42. The highest BCUT2D eigenvalue weighted by atomic mass is 32.1. The van der Waals surface area contributed by atoms with Gasteiger partial charge >= 0.3 is 0 Å². The lowest BCUT2D eigenvalue weighted by atomic mass is 9.95. The largest absolute Gasteiger partial charge is 0.383 e. The molecular weight excluding hydrogens is 242 g/mol. The van der Waals surface area contributed by atoms with Crippen LogP contribution in [0, 0.1) is 13.8 Å². The number of nitrogen functional groups attached to an aromatic ring is 1. The molecule has 18 heavy (non-hydrogen) atoms. The molecule has 0 radical (unpaired) electrons. The van der Waals surface area contributed by atoms with Crippen molar-refractivity contribution < 1.29 is 0 Å². The van der Waals surface area contributed by atoms with Crippen LogP contribution in [0.3, 0.4) is 0 Å². The van der Waals surface area contributed by atoms with Crippen LogP contribution in [0.15, 0.2) is 12.1 Å². The highest BCUT2D eigenvalue weighted by Crippen LogP contribution is 2.34. The molecule has 2 aromatic rings. The van der Waals surface area contributed by atoms with Gasteiger partial charge in [0.15, 0.2) is 5.82 Å². The van der Waals surface area contributed by atoms with Crippen LogP contribution in [-0.2, 0) is 5.41 Å². The van der Waals surface area contributed by atoms with Crippen molar-refractivity contribution in [2.75, 3.05) is 5.73 Å². The Kier molecular flexibility index (Phi) is 3.15. The summed E-state index contributed by atoms with van der Waals surface area (Å²) in [6.07, 6.45) is 0. The first kappa shape index (κ1) is 13.0. The van der Waals surface area contributed by atoms with Crippen LogP contribution in [-0.4, -0.2) is 9.97 Å². The first-order valence-electron chi connectivity index (χ1n) is 6.00. The molecule has 0 atom stereocenters. The molecule has 0 aliphatic rings. The molecular formula is C14H19N3S. The molecule has 0 fully saturated rings. The lowest BCUT2D eigenvalue weighted by molar-refractivity contribution is 0.604. The summed E-state index contributed by atoms with van der Waals surface area (Å²) in [6.45, 7) is 10.5. The normalized spacial score (nSPS) is 11.8. The first-order chi connectivity index (χ1) is 8.29. The molecule has 0 saturated heterocycles. The third kappa shape index (κ3) is 2.38. The quantitative estimate of drug-likeness (QED) is 0.851. The number of thiophene rings is 1. The van der Waals surface area contributed by atoms with Crippen molar-refractivity contribution in [3.05, 3.63) is 28.3 Å². The van der Waals surface area contributed by atoms with Crippen LogP contribution in [0.4, 0.5) is 5.82 Å². The highest BCUT2D eigenvalue weighted by Gasteiger charge is 2.18. The summed E-state index contributed by atoms with van der Waals surface area (Å²) in [4.78, 5) is 11.3. The summed E-state index contributed by atoms with van der Waals surface area (Å²) < 4.78 is 0. The Morgan fingerprint density at radius 1 is 1.11 bits per heavy atom. The minimum Gasteiger partial charge on any atom is -0.383 e. The molecule has 96 valence electrons. The second-order valence-electron chi connectivity index (χ2n) is 5.56. The van der Waals surface area contributed by atoms with Crippen molar-refractivity contribution in [2.45, 2.75) is 40.0 Å². The van der Waals surface area contributed by atoms with Crippen molar-refractivity contribution >= 4 is 17.2 Å². The fraction of sp³-hybridized carbons (Fsp3) is 0.429. The second-order valence-corrected chi connectivity index (χ2v) is 6.64. The van der Waals surface area contributed by atoms with E-state index in [1.165, 1.54) is 4.88 Å². The van der Waals surface area contributed by atoms with Crippen LogP contribution < -0.4 is 5.73 Å². The van der Waals surface area contributed by atoms with Crippen molar-refractivity contribution in [1.29, 1.82) is 0 Å². The number of rotatable bonds is 1.